The van der Waals surface area contributed by atoms with E-state index in [2.05, 4.69) is 30.3 Å². The molecule has 0 aromatic carbocycles. The van der Waals surface area contributed by atoms with Crippen molar-refractivity contribution in [3.8, 4) is 0 Å². The van der Waals surface area contributed by atoms with E-state index in [0.29, 0.717) is 6.04 Å². The highest BCUT2D eigenvalue weighted by atomic mass is 16.5. The van der Waals surface area contributed by atoms with Crippen LogP contribution in [-0.2, 0) is 24.6 Å². The van der Waals surface area contributed by atoms with Gasteiger partial charge in [0.05, 0.1) is 11.8 Å². The van der Waals surface area contributed by atoms with E-state index < -0.39 is 0 Å². The normalized spacial score (nSPS) is 14.9. The summed E-state index contributed by atoms with van der Waals surface area (Å²) in [4.78, 5) is 0. The summed E-state index contributed by atoms with van der Waals surface area (Å²) in [6, 6.07) is 2.51. The minimum absolute atomic E-state index is 0.213. The lowest BCUT2D eigenvalue weighted by molar-refractivity contribution is 0.0492. The van der Waals surface area contributed by atoms with E-state index in [1.807, 2.05) is 25.7 Å². The number of aryl methyl sites for hydroxylation is 2. The highest BCUT2D eigenvalue weighted by molar-refractivity contribution is 5.11. The molecule has 0 spiro atoms. The molecular weight excluding hydrogens is 214 g/mol. The van der Waals surface area contributed by atoms with Crippen LogP contribution in [0, 0.1) is 0 Å². The average molecular weight is 239 g/mol. The van der Waals surface area contributed by atoms with Crippen LogP contribution in [0.15, 0.2) is 6.07 Å². The molecule has 0 aliphatic rings. The number of likely N-dealkylation sites (N-methyl/N-ethyl adjacent to an activating group) is 1. The molecular formula is C13H25N3O. The minimum Gasteiger partial charge on any atom is -0.377 e. The van der Waals surface area contributed by atoms with Crippen molar-refractivity contribution in [2.75, 3.05) is 13.7 Å². The Morgan fingerprint density at radius 3 is 2.65 bits per heavy atom. The molecule has 1 aromatic heterocycles. The van der Waals surface area contributed by atoms with Gasteiger partial charge in [0.15, 0.2) is 0 Å². The van der Waals surface area contributed by atoms with E-state index in [1.165, 1.54) is 5.69 Å². The zero-order chi connectivity index (χ0) is 12.8. The molecule has 0 fully saturated rings. The van der Waals surface area contributed by atoms with Gasteiger partial charge >= 0.3 is 0 Å². The van der Waals surface area contributed by atoms with E-state index in [0.717, 1.165) is 25.1 Å². The SMILES string of the molecule is CCOC(C)C(Cc1cc(CC)nn1C)NC. The number of ether oxygens (including phenoxy) is 1. The number of aromatic nitrogens is 2. The fourth-order valence-corrected chi connectivity index (χ4v) is 2.04. The lowest BCUT2D eigenvalue weighted by Gasteiger charge is -2.23. The average Bonchev–Trinajstić information content (AvgIpc) is 2.67. The van der Waals surface area contributed by atoms with E-state index in [9.17, 15) is 0 Å². The standard InChI is InChI=1S/C13H25N3O/c1-6-11-8-12(16(5)15-11)9-13(14-4)10(3)17-7-2/h8,10,13-14H,6-7,9H2,1-5H3. The molecule has 1 aromatic rings. The van der Waals surface area contributed by atoms with Gasteiger partial charge < -0.3 is 10.1 Å². The molecule has 4 heteroatoms. The van der Waals surface area contributed by atoms with Crippen molar-refractivity contribution < 1.29 is 4.74 Å². The molecule has 0 radical (unpaired) electrons. The van der Waals surface area contributed by atoms with E-state index in [1.54, 1.807) is 0 Å². The first-order valence-electron chi connectivity index (χ1n) is 6.43. The van der Waals surface area contributed by atoms with Crippen molar-refractivity contribution in [3.05, 3.63) is 17.5 Å². The molecule has 0 saturated heterocycles. The van der Waals surface area contributed by atoms with Crippen LogP contribution >= 0.6 is 0 Å². The summed E-state index contributed by atoms with van der Waals surface area (Å²) >= 11 is 0. The summed E-state index contributed by atoms with van der Waals surface area (Å²) in [5.74, 6) is 0. The fourth-order valence-electron chi connectivity index (χ4n) is 2.04. The Bertz CT molecular complexity index is 335. The molecule has 0 saturated carbocycles. The molecule has 1 heterocycles. The molecule has 1 N–H and O–H groups in total. The van der Waals surface area contributed by atoms with Crippen molar-refractivity contribution in [1.29, 1.82) is 0 Å². The Balaban J connectivity index is 2.69. The molecule has 0 bridgehead atoms. The largest absolute Gasteiger partial charge is 0.377 e. The van der Waals surface area contributed by atoms with Gasteiger partial charge in [0, 0.05) is 31.8 Å². The van der Waals surface area contributed by atoms with Gasteiger partial charge in [-0.3, -0.25) is 4.68 Å². The zero-order valence-corrected chi connectivity index (χ0v) is 11.7. The summed E-state index contributed by atoms with van der Waals surface area (Å²) < 4.78 is 7.62. The second kappa shape index (κ2) is 6.77. The predicted octanol–water partition coefficient (Wildman–Crippen LogP) is 1.54. The Morgan fingerprint density at radius 2 is 2.18 bits per heavy atom. The first kappa shape index (κ1) is 14.2. The summed E-state index contributed by atoms with van der Waals surface area (Å²) in [7, 11) is 3.99. The van der Waals surface area contributed by atoms with Crippen LogP contribution in [0.1, 0.15) is 32.2 Å². The molecule has 4 nitrogen and oxygen atoms in total. The monoisotopic (exact) mass is 239 g/mol. The van der Waals surface area contributed by atoms with E-state index in [4.69, 9.17) is 4.74 Å². The second-order valence-electron chi connectivity index (χ2n) is 4.36. The first-order chi connectivity index (χ1) is 8.12. The smallest absolute Gasteiger partial charge is 0.0703 e. The van der Waals surface area contributed by atoms with Gasteiger partial charge in [-0.05, 0) is 33.4 Å². The topological polar surface area (TPSA) is 39.1 Å². The molecule has 17 heavy (non-hydrogen) atoms. The Morgan fingerprint density at radius 1 is 1.47 bits per heavy atom. The number of hydrogen-bond acceptors (Lipinski definition) is 3. The van der Waals surface area contributed by atoms with E-state index >= 15 is 0 Å². The molecule has 2 unspecified atom stereocenters. The van der Waals surface area contributed by atoms with Crippen molar-refractivity contribution in [3.63, 3.8) is 0 Å². The van der Waals surface area contributed by atoms with Gasteiger partial charge in [-0.25, -0.2) is 0 Å². The van der Waals surface area contributed by atoms with Crippen molar-refractivity contribution >= 4 is 0 Å². The lowest BCUT2D eigenvalue weighted by atomic mass is 10.1. The van der Waals surface area contributed by atoms with Crippen LogP contribution in [0.5, 0.6) is 0 Å². The molecule has 1 rings (SSSR count). The highest BCUT2D eigenvalue weighted by Crippen LogP contribution is 2.10. The zero-order valence-electron chi connectivity index (χ0n) is 11.7. The maximum atomic E-state index is 5.65. The number of hydrogen-bond donors (Lipinski definition) is 1. The van der Waals surface area contributed by atoms with Gasteiger partial charge in [0.2, 0.25) is 0 Å². The number of rotatable bonds is 7. The van der Waals surface area contributed by atoms with Gasteiger partial charge in [-0.15, -0.1) is 0 Å². The summed E-state index contributed by atoms with van der Waals surface area (Å²) in [6.07, 6.45) is 2.14. The number of nitrogens with one attached hydrogen (secondary N) is 1. The summed E-state index contributed by atoms with van der Waals surface area (Å²) in [5.41, 5.74) is 2.41. The fraction of sp³-hybridized carbons (Fsp3) is 0.769. The molecule has 0 aliphatic heterocycles. The molecule has 0 aliphatic carbocycles. The third-order valence-electron chi connectivity index (χ3n) is 3.19. The second-order valence-corrected chi connectivity index (χ2v) is 4.36. The Kier molecular flexibility index (Phi) is 5.65. The maximum absolute atomic E-state index is 5.65. The first-order valence-corrected chi connectivity index (χ1v) is 6.43. The summed E-state index contributed by atoms with van der Waals surface area (Å²) in [6.45, 7) is 7.03. The minimum atomic E-state index is 0.213. The molecule has 98 valence electrons. The van der Waals surface area contributed by atoms with Crippen LogP contribution in [0.3, 0.4) is 0 Å². The van der Waals surface area contributed by atoms with E-state index in [-0.39, 0.29) is 6.10 Å². The van der Waals surface area contributed by atoms with Crippen molar-refractivity contribution in [2.45, 2.75) is 45.8 Å². The van der Waals surface area contributed by atoms with Crippen LogP contribution < -0.4 is 5.32 Å². The number of nitrogens with zero attached hydrogens (tertiary/aromatic N) is 2. The third kappa shape index (κ3) is 3.82. The van der Waals surface area contributed by atoms with Gasteiger partial charge in [-0.1, -0.05) is 6.92 Å². The van der Waals surface area contributed by atoms with Crippen molar-refractivity contribution in [1.82, 2.24) is 15.1 Å². The van der Waals surface area contributed by atoms with Crippen LogP contribution in [-0.4, -0.2) is 35.6 Å². The Hall–Kier alpha value is -0.870. The maximum Gasteiger partial charge on any atom is 0.0703 e. The third-order valence-corrected chi connectivity index (χ3v) is 3.19. The van der Waals surface area contributed by atoms with Gasteiger partial charge in [0.1, 0.15) is 0 Å². The lowest BCUT2D eigenvalue weighted by Crippen LogP contribution is -2.39. The van der Waals surface area contributed by atoms with Crippen LogP contribution in [0.4, 0.5) is 0 Å². The van der Waals surface area contributed by atoms with Crippen LogP contribution in [0.25, 0.3) is 0 Å². The van der Waals surface area contributed by atoms with Gasteiger partial charge in [0.25, 0.3) is 0 Å². The van der Waals surface area contributed by atoms with Crippen molar-refractivity contribution in [2.24, 2.45) is 7.05 Å². The Labute approximate surface area is 104 Å². The predicted molar refractivity (Wildman–Crippen MR) is 70.2 cm³/mol. The molecule has 2 atom stereocenters. The quantitative estimate of drug-likeness (QED) is 0.784. The van der Waals surface area contributed by atoms with Gasteiger partial charge in [-0.2, -0.15) is 5.10 Å². The molecule has 0 amide bonds. The van der Waals surface area contributed by atoms with Crippen LogP contribution in [0.2, 0.25) is 0 Å². The summed E-state index contributed by atoms with van der Waals surface area (Å²) in [5, 5.41) is 7.79. The highest BCUT2D eigenvalue weighted by Gasteiger charge is 2.18.